The van der Waals surface area contributed by atoms with Gasteiger partial charge in [0.15, 0.2) is 0 Å². The van der Waals surface area contributed by atoms with E-state index in [1.54, 1.807) is 7.11 Å². The number of benzene rings is 2. The fraction of sp³-hybridized carbons (Fsp3) is 0.250. The van der Waals surface area contributed by atoms with Crippen LogP contribution in [0.3, 0.4) is 0 Å². The van der Waals surface area contributed by atoms with Gasteiger partial charge in [-0.2, -0.15) is 0 Å². The molecule has 0 aliphatic rings. The summed E-state index contributed by atoms with van der Waals surface area (Å²) in [5.41, 5.74) is 2.52. The van der Waals surface area contributed by atoms with Crippen LogP contribution in [0.1, 0.15) is 17.2 Å². The average molecular weight is 241 g/mol. The Morgan fingerprint density at radius 1 is 1.00 bits per heavy atom. The molecule has 2 aromatic rings. The van der Waals surface area contributed by atoms with E-state index in [4.69, 9.17) is 4.74 Å². The van der Waals surface area contributed by atoms with Crippen molar-refractivity contribution in [3.63, 3.8) is 0 Å². The molecule has 0 aliphatic carbocycles. The zero-order valence-corrected chi connectivity index (χ0v) is 10.9. The minimum absolute atomic E-state index is 0.267. The van der Waals surface area contributed by atoms with E-state index in [1.165, 1.54) is 11.1 Å². The number of likely N-dealkylation sites (N-methyl/N-ethyl adjacent to an activating group) is 1. The molecule has 0 aliphatic heterocycles. The molecule has 0 saturated carbocycles. The van der Waals surface area contributed by atoms with Crippen LogP contribution < -0.4 is 10.1 Å². The molecule has 0 unspecified atom stereocenters. The molecular formula is C16H19NO. The Labute approximate surface area is 109 Å². The maximum atomic E-state index is 5.43. The molecule has 0 heterocycles. The lowest BCUT2D eigenvalue weighted by Gasteiger charge is -2.19. The van der Waals surface area contributed by atoms with Gasteiger partial charge in [0.25, 0.3) is 0 Å². The highest BCUT2D eigenvalue weighted by molar-refractivity contribution is 5.37. The van der Waals surface area contributed by atoms with Crippen LogP contribution in [0.2, 0.25) is 0 Å². The fourth-order valence-corrected chi connectivity index (χ4v) is 2.17. The van der Waals surface area contributed by atoms with Crippen molar-refractivity contribution in [1.29, 1.82) is 0 Å². The van der Waals surface area contributed by atoms with E-state index in [0.717, 1.165) is 12.2 Å². The summed E-state index contributed by atoms with van der Waals surface area (Å²) in [5.74, 6) is 0.938. The maximum absolute atomic E-state index is 5.43. The van der Waals surface area contributed by atoms with E-state index in [1.807, 2.05) is 31.3 Å². The highest BCUT2D eigenvalue weighted by atomic mass is 16.5. The van der Waals surface area contributed by atoms with Gasteiger partial charge in [-0.25, -0.2) is 0 Å². The van der Waals surface area contributed by atoms with Crippen molar-refractivity contribution in [2.24, 2.45) is 0 Å². The molecule has 0 amide bonds. The van der Waals surface area contributed by atoms with Crippen LogP contribution in [-0.4, -0.2) is 14.2 Å². The minimum atomic E-state index is 0.267. The number of methoxy groups -OCH3 is 1. The number of rotatable bonds is 5. The fourth-order valence-electron chi connectivity index (χ4n) is 2.17. The van der Waals surface area contributed by atoms with Crippen LogP contribution in [0, 0.1) is 0 Å². The molecule has 2 rings (SSSR count). The van der Waals surface area contributed by atoms with E-state index in [9.17, 15) is 0 Å². The standard InChI is InChI=1S/C16H19NO/c1-17-15(12-13-8-4-3-5-9-13)14-10-6-7-11-16(14)18-2/h3-11,15,17H,12H2,1-2H3/t15-/m1/s1. The Hall–Kier alpha value is -1.80. The molecule has 0 spiro atoms. The van der Waals surface area contributed by atoms with E-state index >= 15 is 0 Å². The summed E-state index contributed by atoms with van der Waals surface area (Å²) in [6.07, 6.45) is 0.956. The second kappa shape index (κ2) is 6.22. The molecule has 1 atom stereocenters. The summed E-state index contributed by atoms with van der Waals surface area (Å²) in [4.78, 5) is 0. The Morgan fingerprint density at radius 2 is 1.67 bits per heavy atom. The molecule has 0 aromatic heterocycles. The highest BCUT2D eigenvalue weighted by Crippen LogP contribution is 2.26. The third-order valence-corrected chi connectivity index (χ3v) is 3.15. The lowest BCUT2D eigenvalue weighted by atomic mass is 9.98. The van der Waals surface area contributed by atoms with Gasteiger partial charge in [0.2, 0.25) is 0 Å². The van der Waals surface area contributed by atoms with Crippen molar-refractivity contribution in [2.75, 3.05) is 14.2 Å². The van der Waals surface area contributed by atoms with Crippen molar-refractivity contribution < 1.29 is 4.74 Å². The van der Waals surface area contributed by atoms with E-state index in [-0.39, 0.29) is 6.04 Å². The second-order valence-corrected chi connectivity index (χ2v) is 4.27. The van der Waals surface area contributed by atoms with Crippen LogP contribution in [0.4, 0.5) is 0 Å². The molecule has 1 N–H and O–H groups in total. The average Bonchev–Trinajstić information content (AvgIpc) is 2.46. The van der Waals surface area contributed by atoms with E-state index < -0.39 is 0 Å². The highest BCUT2D eigenvalue weighted by Gasteiger charge is 2.14. The van der Waals surface area contributed by atoms with Gasteiger partial charge in [0.05, 0.1) is 7.11 Å². The molecular weight excluding hydrogens is 222 g/mol. The van der Waals surface area contributed by atoms with Crippen molar-refractivity contribution >= 4 is 0 Å². The van der Waals surface area contributed by atoms with Crippen LogP contribution >= 0.6 is 0 Å². The monoisotopic (exact) mass is 241 g/mol. The van der Waals surface area contributed by atoms with Gasteiger partial charge in [-0.05, 0) is 25.1 Å². The van der Waals surface area contributed by atoms with Crippen molar-refractivity contribution in [3.8, 4) is 5.75 Å². The van der Waals surface area contributed by atoms with Gasteiger partial charge in [-0.1, -0.05) is 48.5 Å². The smallest absolute Gasteiger partial charge is 0.123 e. The number of para-hydroxylation sites is 1. The molecule has 2 aromatic carbocycles. The molecule has 0 radical (unpaired) electrons. The number of nitrogens with one attached hydrogen (secondary N) is 1. The Kier molecular flexibility index (Phi) is 4.37. The molecule has 18 heavy (non-hydrogen) atoms. The topological polar surface area (TPSA) is 21.3 Å². The third kappa shape index (κ3) is 2.90. The lowest BCUT2D eigenvalue weighted by Crippen LogP contribution is -2.19. The zero-order valence-electron chi connectivity index (χ0n) is 10.9. The second-order valence-electron chi connectivity index (χ2n) is 4.27. The van der Waals surface area contributed by atoms with Gasteiger partial charge < -0.3 is 10.1 Å². The largest absolute Gasteiger partial charge is 0.496 e. The number of ether oxygens (including phenoxy) is 1. The summed E-state index contributed by atoms with van der Waals surface area (Å²) in [6, 6.07) is 18.9. The first kappa shape index (κ1) is 12.7. The summed E-state index contributed by atoms with van der Waals surface area (Å²) >= 11 is 0. The van der Waals surface area contributed by atoms with Crippen LogP contribution in [0.25, 0.3) is 0 Å². The summed E-state index contributed by atoms with van der Waals surface area (Å²) in [7, 11) is 3.70. The summed E-state index contributed by atoms with van der Waals surface area (Å²) in [5, 5.41) is 3.36. The van der Waals surface area contributed by atoms with Crippen molar-refractivity contribution in [1.82, 2.24) is 5.32 Å². The quantitative estimate of drug-likeness (QED) is 0.868. The first-order valence-electron chi connectivity index (χ1n) is 6.19. The molecule has 94 valence electrons. The third-order valence-electron chi connectivity index (χ3n) is 3.15. The predicted octanol–water partition coefficient (Wildman–Crippen LogP) is 3.20. The van der Waals surface area contributed by atoms with Gasteiger partial charge in [0.1, 0.15) is 5.75 Å². The Bertz CT molecular complexity index is 481. The Balaban J connectivity index is 2.23. The lowest BCUT2D eigenvalue weighted by molar-refractivity contribution is 0.401. The minimum Gasteiger partial charge on any atom is -0.496 e. The molecule has 2 nitrogen and oxygen atoms in total. The number of hydrogen-bond acceptors (Lipinski definition) is 2. The van der Waals surface area contributed by atoms with Gasteiger partial charge in [-0.3, -0.25) is 0 Å². The molecule has 0 saturated heterocycles. The van der Waals surface area contributed by atoms with E-state index in [0.29, 0.717) is 0 Å². The Morgan fingerprint density at radius 3 is 2.33 bits per heavy atom. The predicted molar refractivity (Wildman–Crippen MR) is 74.9 cm³/mol. The maximum Gasteiger partial charge on any atom is 0.123 e. The summed E-state index contributed by atoms with van der Waals surface area (Å²) in [6.45, 7) is 0. The first-order chi connectivity index (χ1) is 8.85. The number of hydrogen-bond donors (Lipinski definition) is 1. The SMILES string of the molecule is CN[C@H](Cc1ccccc1)c1ccccc1OC. The molecule has 0 bridgehead atoms. The van der Waals surface area contributed by atoms with Crippen molar-refractivity contribution in [3.05, 3.63) is 65.7 Å². The normalized spacial score (nSPS) is 12.1. The molecule has 0 fully saturated rings. The van der Waals surface area contributed by atoms with Crippen molar-refractivity contribution in [2.45, 2.75) is 12.5 Å². The van der Waals surface area contributed by atoms with Gasteiger partial charge in [-0.15, -0.1) is 0 Å². The van der Waals surface area contributed by atoms with Gasteiger partial charge >= 0.3 is 0 Å². The van der Waals surface area contributed by atoms with E-state index in [2.05, 4.69) is 35.6 Å². The van der Waals surface area contributed by atoms with Crippen LogP contribution in [-0.2, 0) is 6.42 Å². The zero-order chi connectivity index (χ0) is 12.8. The summed E-state index contributed by atoms with van der Waals surface area (Å²) < 4.78 is 5.43. The van der Waals surface area contributed by atoms with Gasteiger partial charge in [0, 0.05) is 11.6 Å². The first-order valence-corrected chi connectivity index (χ1v) is 6.19. The van der Waals surface area contributed by atoms with Crippen LogP contribution in [0.15, 0.2) is 54.6 Å². The molecule has 2 heteroatoms. The van der Waals surface area contributed by atoms with Crippen LogP contribution in [0.5, 0.6) is 5.75 Å².